The minimum absolute atomic E-state index is 0.0550. The molecule has 31 heavy (non-hydrogen) atoms. The molecule has 0 radical (unpaired) electrons. The number of fused-ring (bicyclic) bond motifs is 1. The fraction of sp³-hybridized carbons (Fsp3) is 0.500. The number of imide groups is 1. The van der Waals surface area contributed by atoms with E-state index in [9.17, 15) is 24.0 Å². The Morgan fingerprint density at radius 3 is 2.29 bits per heavy atom. The predicted octanol–water partition coefficient (Wildman–Crippen LogP) is 1.68. The van der Waals surface area contributed by atoms with Gasteiger partial charge in [-0.3, -0.25) is 28.9 Å². The lowest BCUT2D eigenvalue weighted by Gasteiger charge is -2.34. The first-order chi connectivity index (χ1) is 14.5. The first kappa shape index (κ1) is 22.5. The maximum absolute atomic E-state index is 12.3. The highest BCUT2D eigenvalue weighted by Crippen LogP contribution is 2.26. The molecule has 0 spiro atoms. The van der Waals surface area contributed by atoms with Crippen LogP contribution in [0.5, 0.6) is 0 Å². The SMILES string of the molecule is CN1C(=O)c2ccc(NC(=O)COC(=O)C3CCN(C(=O)C(C)(C)C)CC3)cc2C1=O. The van der Waals surface area contributed by atoms with Crippen molar-refractivity contribution in [3.8, 4) is 0 Å². The lowest BCUT2D eigenvalue weighted by molar-refractivity contribution is -0.155. The number of hydrogen-bond donors (Lipinski definition) is 1. The van der Waals surface area contributed by atoms with E-state index in [-0.39, 0.29) is 28.9 Å². The number of hydrogen-bond acceptors (Lipinski definition) is 6. The summed E-state index contributed by atoms with van der Waals surface area (Å²) < 4.78 is 5.14. The second-order valence-corrected chi connectivity index (χ2v) is 8.90. The van der Waals surface area contributed by atoms with Crippen LogP contribution in [0.1, 0.15) is 54.3 Å². The maximum atomic E-state index is 12.3. The number of benzene rings is 1. The average Bonchev–Trinajstić information content (AvgIpc) is 2.94. The first-order valence-corrected chi connectivity index (χ1v) is 10.2. The normalized spacial score (nSPS) is 16.9. The molecule has 166 valence electrons. The molecule has 0 saturated carbocycles. The minimum Gasteiger partial charge on any atom is -0.455 e. The van der Waals surface area contributed by atoms with E-state index in [1.165, 1.54) is 25.2 Å². The van der Waals surface area contributed by atoms with Crippen LogP contribution in [0.4, 0.5) is 5.69 Å². The Kier molecular flexibility index (Phi) is 6.15. The smallest absolute Gasteiger partial charge is 0.309 e. The average molecular weight is 429 g/mol. The largest absolute Gasteiger partial charge is 0.455 e. The summed E-state index contributed by atoms with van der Waals surface area (Å²) >= 11 is 0. The van der Waals surface area contributed by atoms with Crippen LogP contribution in [0.15, 0.2) is 18.2 Å². The summed E-state index contributed by atoms with van der Waals surface area (Å²) in [7, 11) is 1.39. The van der Waals surface area contributed by atoms with E-state index in [1.807, 2.05) is 20.8 Å². The van der Waals surface area contributed by atoms with Gasteiger partial charge in [0.1, 0.15) is 0 Å². The van der Waals surface area contributed by atoms with Gasteiger partial charge in [0.05, 0.1) is 17.0 Å². The Bertz CT molecular complexity index is 941. The van der Waals surface area contributed by atoms with Crippen LogP contribution in [0.25, 0.3) is 0 Å². The van der Waals surface area contributed by atoms with Gasteiger partial charge in [0.2, 0.25) is 5.91 Å². The van der Waals surface area contributed by atoms with E-state index in [4.69, 9.17) is 4.74 Å². The number of esters is 1. The number of amides is 4. The predicted molar refractivity (Wildman–Crippen MR) is 111 cm³/mol. The molecule has 1 aromatic carbocycles. The number of ether oxygens (including phenoxy) is 1. The molecule has 0 aliphatic carbocycles. The third-order valence-corrected chi connectivity index (χ3v) is 5.48. The molecule has 3 rings (SSSR count). The molecule has 0 unspecified atom stereocenters. The Morgan fingerprint density at radius 2 is 1.68 bits per heavy atom. The number of nitrogens with zero attached hydrogens (tertiary/aromatic N) is 2. The number of carbonyl (C=O) groups is 5. The Balaban J connectivity index is 1.48. The standard InChI is InChI=1S/C22H27N3O6/c1-22(2,3)21(30)25-9-7-13(8-10-25)20(29)31-12-17(26)23-14-5-6-15-16(11-14)19(28)24(4)18(15)27/h5-6,11,13H,7-10,12H2,1-4H3,(H,23,26). The molecule has 2 heterocycles. The van der Waals surface area contributed by atoms with Gasteiger partial charge >= 0.3 is 5.97 Å². The highest BCUT2D eigenvalue weighted by atomic mass is 16.5. The Labute approximate surface area is 180 Å². The van der Waals surface area contributed by atoms with Crippen molar-refractivity contribution < 1.29 is 28.7 Å². The van der Waals surface area contributed by atoms with Gasteiger partial charge in [-0.25, -0.2) is 0 Å². The summed E-state index contributed by atoms with van der Waals surface area (Å²) in [6.45, 7) is 6.10. The summed E-state index contributed by atoms with van der Waals surface area (Å²) in [4.78, 5) is 63.5. The quantitative estimate of drug-likeness (QED) is 0.576. The highest BCUT2D eigenvalue weighted by Gasteiger charge is 2.34. The zero-order valence-electron chi connectivity index (χ0n) is 18.2. The molecule has 0 bridgehead atoms. The van der Waals surface area contributed by atoms with Crippen molar-refractivity contribution in [3.63, 3.8) is 0 Å². The number of piperidine rings is 1. The van der Waals surface area contributed by atoms with E-state index in [2.05, 4.69) is 5.32 Å². The molecule has 4 amide bonds. The molecule has 1 N–H and O–H groups in total. The van der Waals surface area contributed by atoms with Crippen molar-refractivity contribution in [1.82, 2.24) is 9.80 Å². The van der Waals surface area contributed by atoms with E-state index < -0.39 is 29.8 Å². The summed E-state index contributed by atoms with van der Waals surface area (Å²) in [6.07, 6.45) is 0.994. The fourth-order valence-corrected chi connectivity index (χ4v) is 3.68. The molecule has 1 saturated heterocycles. The number of likely N-dealkylation sites (tertiary alicyclic amines) is 1. The lowest BCUT2D eigenvalue weighted by atomic mass is 9.91. The van der Waals surface area contributed by atoms with Crippen molar-refractivity contribution in [1.29, 1.82) is 0 Å². The number of anilines is 1. The molecule has 9 heteroatoms. The molecular weight excluding hydrogens is 402 g/mol. The highest BCUT2D eigenvalue weighted by molar-refractivity contribution is 6.21. The van der Waals surface area contributed by atoms with Gasteiger partial charge in [-0.15, -0.1) is 0 Å². The third-order valence-electron chi connectivity index (χ3n) is 5.48. The van der Waals surface area contributed by atoms with Crippen molar-refractivity contribution in [2.45, 2.75) is 33.6 Å². The topological polar surface area (TPSA) is 113 Å². The molecule has 2 aliphatic rings. The molecule has 9 nitrogen and oxygen atoms in total. The van der Waals surface area contributed by atoms with Gasteiger partial charge < -0.3 is 15.0 Å². The molecule has 0 aromatic heterocycles. The van der Waals surface area contributed by atoms with Crippen LogP contribution in [-0.4, -0.2) is 66.1 Å². The second kappa shape index (κ2) is 8.49. The lowest BCUT2D eigenvalue weighted by Crippen LogP contribution is -2.45. The minimum atomic E-state index is -0.543. The van der Waals surface area contributed by atoms with Gasteiger partial charge in [-0.1, -0.05) is 20.8 Å². The van der Waals surface area contributed by atoms with Gasteiger partial charge in [0, 0.05) is 31.2 Å². The molecule has 0 atom stereocenters. The molecular formula is C22H27N3O6. The first-order valence-electron chi connectivity index (χ1n) is 10.2. The number of nitrogens with one attached hydrogen (secondary N) is 1. The van der Waals surface area contributed by atoms with Gasteiger partial charge in [0.25, 0.3) is 17.7 Å². The van der Waals surface area contributed by atoms with Crippen molar-refractivity contribution in [2.24, 2.45) is 11.3 Å². The van der Waals surface area contributed by atoms with Crippen LogP contribution in [0.3, 0.4) is 0 Å². The number of rotatable bonds is 4. The van der Waals surface area contributed by atoms with E-state index in [0.29, 0.717) is 31.6 Å². The van der Waals surface area contributed by atoms with Crippen LogP contribution in [-0.2, 0) is 19.1 Å². The summed E-state index contributed by atoms with van der Waals surface area (Å²) in [5.74, 6) is -2.12. The summed E-state index contributed by atoms with van der Waals surface area (Å²) in [6, 6.07) is 4.43. The second-order valence-electron chi connectivity index (χ2n) is 8.90. The van der Waals surface area contributed by atoms with Gasteiger partial charge in [-0.05, 0) is 31.0 Å². The molecule has 1 aromatic rings. The van der Waals surface area contributed by atoms with Crippen LogP contribution >= 0.6 is 0 Å². The van der Waals surface area contributed by atoms with Crippen molar-refractivity contribution >= 4 is 35.3 Å². The monoisotopic (exact) mass is 429 g/mol. The third kappa shape index (κ3) is 4.76. The maximum Gasteiger partial charge on any atom is 0.309 e. The zero-order chi connectivity index (χ0) is 22.9. The van der Waals surface area contributed by atoms with E-state index in [1.54, 1.807) is 4.90 Å². The van der Waals surface area contributed by atoms with Crippen LogP contribution in [0, 0.1) is 11.3 Å². The number of carbonyl (C=O) groups excluding carboxylic acids is 5. The zero-order valence-corrected chi connectivity index (χ0v) is 18.2. The van der Waals surface area contributed by atoms with Gasteiger partial charge in [0.15, 0.2) is 6.61 Å². The molecule has 2 aliphatic heterocycles. The van der Waals surface area contributed by atoms with Crippen LogP contribution in [0.2, 0.25) is 0 Å². The Hall–Kier alpha value is -3.23. The van der Waals surface area contributed by atoms with E-state index >= 15 is 0 Å². The van der Waals surface area contributed by atoms with Crippen molar-refractivity contribution in [2.75, 3.05) is 32.1 Å². The van der Waals surface area contributed by atoms with Gasteiger partial charge in [-0.2, -0.15) is 0 Å². The fourth-order valence-electron chi connectivity index (χ4n) is 3.68. The summed E-state index contributed by atoms with van der Waals surface area (Å²) in [5.41, 5.74) is 0.383. The molecule has 1 fully saturated rings. The van der Waals surface area contributed by atoms with Crippen molar-refractivity contribution in [3.05, 3.63) is 29.3 Å². The Morgan fingerprint density at radius 1 is 1.06 bits per heavy atom. The van der Waals surface area contributed by atoms with E-state index in [0.717, 1.165) is 4.90 Å². The van der Waals surface area contributed by atoms with Crippen LogP contribution < -0.4 is 5.32 Å². The summed E-state index contributed by atoms with van der Waals surface area (Å²) in [5, 5.41) is 2.57.